The summed E-state index contributed by atoms with van der Waals surface area (Å²) in [6, 6.07) is 1.48. The normalized spacial score (nSPS) is 11.4. The fraction of sp³-hybridized carbons (Fsp3) is 0.455. The lowest BCUT2D eigenvalue weighted by atomic mass is 10.4. The highest BCUT2D eigenvalue weighted by atomic mass is 19.4. The molecule has 0 saturated heterocycles. The molecule has 0 aliphatic rings. The summed E-state index contributed by atoms with van der Waals surface area (Å²) in [5.74, 6) is 0.368. The molecule has 0 atom stereocenters. The zero-order valence-corrected chi connectivity index (χ0v) is 11.1. The quantitative estimate of drug-likeness (QED) is 0.877. The van der Waals surface area contributed by atoms with E-state index in [9.17, 15) is 13.2 Å². The topological polar surface area (TPSA) is 77.8 Å². The molecule has 0 aliphatic carbocycles. The zero-order chi connectivity index (χ0) is 15.3. The van der Waals surface area contributed by atoms with Gasteiger partial charge in [0.1, 0.15) is 6.61 Å². The first kappa shape index (κ1) is 15.0. The number of hydrogen-bond acceptors (Lipinski definition) is 6. The number of alkyl halides is 3. The second-order valence-corrected chi connectivity index (χ2v) is 3.94. The molecule has 10 heteroatoms. The van der Waals surface area contributed by atoms with Gasteiger partial charge in [0.05, 0.1) is 6.42 Å². The molecular weight excluding hydrogens is 289 g/mol. The molecule has 0 radical (unpaired) electrons. The van der Waals surface area contributed by atoms with E-state index in [4.69, 9.17) is 4.74 Å². The molecule has 7 nitrogen and oxygen atoms in total. The maximum Gasteiger partial charge on any atom is 0.392 e. The Balaban J connectivity index is 2.16. The molecule has 0 aliphatic heterocycles. The Bertz CT molecular complexity index is 572. The SMILES string of the molecule is CCNc1nc(OCCC(F)(F)F)nc(-n2cccn2)n1. The molecule has 21 heavy (non-hydrogen) atoms. The van der Waals surface area contributed by atoms with Crippen LogP contribution in [0.15, 0.2) is 18.5 Å². The average Bonchev–Trinajstić information content (AvgIpc) is 2.91. The van der Waals surface area contributed by atoms with Crippen molar-refractivity contribution >= 4 is 5.95 Å². The van der Waals surface area contributed by atoms with Crippen molar-refractivity contribution in [3.63, 3.8) is 0 Å². The van der Waals surface area contributed by atoms with Crippen molar-refractivity contribution in [2.75, 3.05) is 18.5 Å². The van der Waals surface area contributed by atoms with E-state index in [-0.39, 0.29) is 17.9 Å². The van der Waals surface area contributed by atoms with E-state index in [1.54, 1.807) is 12.3 Å². The number of rotatable bonds is 6. The maximum atomic E-state index is 12.1. The first-order valence-corrected chi connectivity index (χ1v) is 6.17. The molecule has 2 heterocycles. The lowest BCUT2D eigenvalue weighted by Gasteiger charge is -2.09. The van der Waals surface area contributed by atoms with Crippen LogP contribution in [0, 0.1) is 0 Å². The van der Waals surface area contributed by atoms with Crippen LogP contribution in [-0.2, 0) is 0 Å². The minimum atomic E-state index is -4.29. The third-order valence-electron chi connectivity index (χ3n) is 2.26. The van der Waals surface area contributed by atoms with Crippen LogP contribution in [0.25, 0.3) is 5.95 Å². The summed E-state index contributed by atoms with van der Waals surface area (Å²) in [6.07, 6.45) is -2.24. The van der Waals surface area contributed by atoms with E-state index >= 15 is 0 Å². The Morgan fingerprint density at radius 1 is 1.29 bits per heavy atom. The molecular formula is C11H13F3N6O. The van der Waals surface area contributed by atoms with Gasteiger partial charge in [0, 0.05) is 18.9 Å². The standard InChI is InChI=1S/C11H13F3N6O/c1-2-15-8-17-9(20-6-3-5-16-20)19-10(18-8)21-7-4-11(12,13)14/h3,5-6H,2,4,7H2,1H3,(H,15,17,18,19). The molecule has 0 amide bonds. The van der Waals surface area contributed by atoms with Gasteiger partial charge in [-0.2, -0.15) is 33.2 Å². The number of aromatic nitrogens is 5. The summed E-state index contributed by atoms with van der Waals surface area (Å²) in [5.41, 5.74) is 0. The van der Waals surface area contributed by atoms with Crippen LogP contribution in [0.3, 0.4) is 0 Å². The molecule has 0 spiro atoms. The number of ether oxygens (including phenoxy) is 1. The number of halogens is 3. The molecule has 1 N–H and O–H groups in total. The van der Waals surface area contributed by atoms with Crippen LogP contribution in [0.4, 0.5) is 19.1 Å². The Morgan fingerprint density at radius 3 is 2.71 bits per heavy atom. The van der Waals surface area contributed by atoms with Gasteiger partial charge in [-0.3, -0.25) is 0 Å². The van der Waals surface area contributed by atoms with Crippen molar-refractivity contribution in [3.05, 3.63) is 18.5 Å². The van der Waals surface area contributed by atoms with E-state index in [0.717, 1.165) is 0 Å². The number of hydrogen-bond donors (Lipinski definition) is 1. The van der Waals surface area contributed by atoms with Crippen molar-refractivity contribution in [2.45, 2.75) is 19.5 Å². The Hall–Kier alpha value is -2.39. The Labute approximate surface area is 118 Å². The summed E-state index contributed by atoms with van der Waals surface area (Å²) in [5, 5.41) is 6.80. The Morgan fingerprint density at radius 2 is 2.10 bits per heavy atom. The predicted octanol–water partition coefficient (Wildman–Crippen LogP) is 1.82. The maximum absolute atomic E-state index is 12.1. The fourth-order valence-electron chi connectivity index (χ4n) is 1.40. The van der Waals surface area contributed by atoms with Gasteiger partial charge in [0.2, 0.25) is 5.95 Å². The van der Waals surface area contributed by atoms with Gasteiger partial charge in [-0.25, -0.2) is 4.68 Å². The van der Waals surface area contributed by atoms with E-state index in [0.29, 0.717) is 6.54 Å². The van der Waals surface area contributed by atoms with Crippen molar-refractivity contribution in [3.8, 4) is 12.0 Å². The van der Waals surface area contributed by atoms with Crippen LogP contribution in [0.5, 0.6) is 6.01 Å². The molecule has 2 aromatic rings. The van der Waals surface area contributed by atoms with Crippen LogP contribution in [0.1, 0.15) is 13.3 Å². The third kappa shape index (κ3) is 4.58. The second-order valence-electron chi connectivity index (χ2n) is 3.94. The smallest absolute Gasteiger partial charge is 0.392 e. The summed E-state index contributed by atoms with van der Waals surface area (Å²) in [7, 11) is 0. The third-order valence-corrected chi connectivity index (χ3v) is 2.26. The largest absolute Gasteiger partial charge is 0.463 e. The molecule has 2 aromatic heterocycles. The molecule has 0 bridgehead atoms. The first-order valence-electron chi connectivity index (χ1n) is 6.17. The molecule has 114 valence electrons. The van der Waals surface area contributed by atoms with Gasteiger partial charge in [-0.05, 0) is 13.0 Å². The van der Waals surface area contributed by atoms with Gasteiger partial charge < -0.3 is 10.1 Å². The highest BCUT2D eigenvalue weighted by Gasteiger charge is 2.27. The number of nitrogens with zero attached hydrogens (tertiary/aromatic N) is 5. The summed E-state index contributed by atoms with van der Waals surface area (Å²) in [6.45, 7) is 1.82. The van der Waals surface area contributed by atoms with Crippen LogP contribution >= 0.6 is 0 Å². The number of anilines is 1. The highest BCUT2D eigenvalue weighted by molar-refractivity contribution is 5.29. The first-order chi connectivity index (χ1) is 9.98. The minimum Gasteiger partial charge on any atom is -0.463 e. The average molecular weight is 302 g/mol. The van der Waals surface area contributed by atoms with Gasteiger partial charge in [0.15, 0.2) is 0 Å². The predicted molar refractivity (Wildman–Crippen MR) is 67.3 cm³/mol. The zero-order valence-electron chi connectivity index (χ0n) is 11.1. The number of nitrogens with one attached hydrogen (secondary N) is 1. The highest BCUT2D eigenvalue weighted by Crippen LogP contribution is 2.19. The summed E-state index contributed by atoms with van der Waals surface area (Å²) < 4.78 is 42.6. The lowest BCUT2D eigenvalue weighted by Crippen LogP contribution is -2.15. The van der Waals surface area contributed by atoms with Crippen molar-refractivity contribution in [2.24, 2.45) is 0 Å². The second kappa shape index (κ2) is 6.37. The monoisotopic (exact) mass is 302 g/mol. The van der Waals surface area contributed by atoms with Gasteiger partial charge in [-0.1, -0.05) is 0 Å². The lowest BCUT2D eigenvalue weighted by molar-refractivity contribution is -0.139. The van der Waals surface area contributed by atoms with E-state index in [1.165, 1.54) is 10.9 Å². The van der Waals surface area contributed by atoms with Crippen molar-refractivity contribution < 1.29 is 17.9 Å². The molecule has 2 rings (SSSR count). The fourth-order valence-corrected chi connectivity index (χ4v) is 1.40. The summed E-state index contributed by atoms with van der Waals surface area (Å²) in [4.78, 5) is 11.9. The van der Waals surface area contributed by atoms with Gasteiger partial charge >= 0.3 is 12.2 Å². The Kier molecular flexibility index (Phi) is 4.55. The minimum absolute atomic E-state index is 0.160. The van der Waals surface area contributed by atoms with Crippen LogP contribution in [0.2, 0.25) is 0 Å². The van der Waals surface area contributed by atoms with Crippen molar-refractivity contribution in [1.29, 1.82) is 0 Å². The molecule has 0 fully saturated rings. The molecule has 0 saturated carbocycles. The van der Waals surface area contributed by atoms with Gasteiger partial charge in [-0.15, -0.1) is 0 Å². The molecule has 0 aromatic carbocycles. The van der Waals surface area contributed by atoms with E-state index < -0.39 is 19.2 Å². The van der Waals surface area contributed by atoms with Crippen molar-refractivity contribution in [1.82, 2.24) is 24.7 Å². The van der Waals surface area contributed by atoms with Crippen LogP contribution in [-0.4, -0.2) is 44.1 Å². The summed E-state index contributed by atoms with van der Waals surface area (Å²) >= 11 is 0. The van der Waals surface area contributed by atoms with E-state index in [2.05, 4.69) is 25.4 Å². The van der Waals surface area contributed by atoms with E-state index in [1.807, 2.05) is 6.92 Å². The van der Waals surface area contributed by atoms with Crippen LogP contribution < -0.4 is 10.1 Å². The van der Waals surface area contributed by atoms with Gasteiger partial charge in [0.25, 0.3) is 5.95 Å². The molecule has 0 unspecified atom stereocenters.